The molecule has 12 heavy (non-hydrogen) atoms. The Balaban J connectivity index is 3.07. The second-order valence-electron chi connectivity index (χ2n) is 2.57. The number of carbonyl (C=O) groups excluding carboxylic acids is 2. The molecule has 1 aliphatic rings. The molecular weight excluding hydrogens is 174 g/mol. The predicted molar refractivity (Wildman–Crippen MR) is 45.4 cm³/mol. The molecule has 0 aliphatic carbocycles. The summed E-state index contributed by atoms with van der Waals surface area (Å²) in [7, 11) is 0. The molecule has 3 nitrogen and oxygen atoms in total. The first-order chi connectivity index (χ1) is 5.57. The lowest BCUT2D eigenvalue weighted by Crippen LogP contribution is -2.11. The number of nitrogens with zero attached hydrogens (tertiary/aromatic N) is 1. The number of rotatable bonds is 1. The maximum Gasteiger partial charge on any atom is 0.230 e. The smallest absolute Gasteiger partial charge is 0.230 e. The van der Waals surface area contributed by atoms with E-state index in [0.717, 1.165) is 11.8 Å². The first-order valence-corrected chi connectivity index (χ1v) is 4.28. The van der Waals surface area contributed by atoms with E-state index < -0.39 is 5.25 Å². The van der Waals surface area contributed by atoms with Crippen LogP contribution in [0.4, 0.5) is 0 Å². The van der Waals surface area contributed by atoms with Gasteiger partial charge in [-0.2, -0.15) is 5.26 Å². The average Bonchev–Trinajstić information content (AvgIpc) is 2.27. The molecular formula is C8H7NO2S. The topological polar surface area (TPSA) is 57.9 Å². The van der Waals surface area contributed by atoms with Gasteiger partial charge in [-0.05, 0) is 19.4 Å². The molecule has 0 aromatic heterocycles. The van der Waals surface area contributed by atoms with E-state index in [1.54, 1.807) is 13.0 Å². The number of thioether (sulfide) groups is 1. The van der Waals surface area contributed by atoms with Crippen LogP contribution in [0.1, 0.15) is 13.8 Å². The minimum atomic E-state index is -0.424. The Morgan fingerprint density at radius 3 is 2.50 bits per heavy atom. The van der Waals surface area contributed by atoms with E-state index in [4.69, 9.17) is 5.26 Å². The van der Waals surface area contributed by atoms with E-state index in [2.05, 4.69) is 0 Å². The van der Waals surface area contributed by atoms with Crippen LogP contribution in [0.2, 0.25) is 0 Å². The standard InChI is InChI=1S/C8H7NO2S/c1-4-6(3-9)8(11)12-7(4)5(2)10/h7H,1-2H3. The zero-order valence-electron chi connectivity index (χ0n) is 6.75. The van der Waals surface area contributed by atoms with Crippen molar-refractivity contribution in [2.24, 2.45) is 0 Å². The van der Waals surface area contributed by atoms with Crippen LogP contribution in [0, 0.1) is 11.3 Å². The maximum atomic E-state index is 11.1. The average molecular weight is 181 g/mol. The van der Waals surface area contributed by atoms with E-state index in [9.17, 15) is 9.59 Å². The van der Waals surface area contributed by atoms with Crippen molar-refractivity contribution < 1.29 is 9.59 Å². The largest absolute Gasteiger partial charge is 0.298 e. The summed E-state index contributed by atoms with van der Waals surface area (Å²) in [6.07, 6.45) is 0. The van der Waals surface area contributed by atoms with Crippen LogP contribution in [0.5, 0.6) is 0 Å². The van der Waals surface area contributed by atoms with Gasteiger partial charge in [-0.15, -0.1) is 0 Å². The lowest BCUT2D eigenvalue weighted by Gasteiger charge is -2.02. The SMILES string of the molecule is CC(=O)C1SC(=O)C(C#N)=C1C. The van der Waals surface area contributed by atoms with Crippen molar-refractivity contribution in [3.8, 4) is 6.07 Å². The number of nitriles is 1. The highest BCUT2D eigenvalue weighted by Gasteiger charge is 2.33. The van der Waals surface area contributed by atoms with E-state index in [1.165, 1.54) is 6.92 Å². The van der Waals surface area contributed by atoms with Crippen molar-refractivity contribution in [2.75, 3.05) is 0 Å². The fourth-order valence-corrected chi connectivity index (χ4v) is 2.07. The minimum absolute atomic E-state index is 0.0731. The first kappa shape index (κ1) is 9.01. The lowest BCUT2D eigenvalue weighted by molar-refractivity contribution is -0.116. The molecule has 1 unspecified atom stereocenters. The fraction of sp³-hybridized carbons (Fsp3) is 0.375. The van der Waals surface area contributed by atoms with Crippen LogP contribution < -0.4 is 0 Å². The molecule has 0 amide bonds. The van der Waals surface area contributed by atoms with Crippen LogP contribution in [0.15, 0.2) is 11.1 Å². The van der Waals surface area contributed by atoms with Gasteiger partial charge < -0.3 is 0 Å². The zero-order chi connectivity index (χ0) is 9.30. The molecule has 1 heterocycles. The molecule has 1 aliphatic heterocycles. The van der Waals surface area contributed by atoms with Gasteiger partial charge in [0.1, 0.15) is 17.4 Å². The van der Waals surface area contributed by atoms with E-state index >= 15 is 0 Å². The van der Waals surface area contributed by atoms with Gasteiger partial charge in [-0.1, -0.05) is 11.8 Å². The van der Waals surface area contributed by atoms with Crippen LogP contribution in [0.25, 0.3) is 0 Å². The third kappa shape index (κ3) is 1.28. The van der Waals surface area contributed by atoms with Crippen molar-refractivity contribution in [3.63, 3.8) is 0 Å². The monoisotopic (exact) mass is 181 g/mol. The Labute approximate surface area is 74.4 Å². The number of Topliss-reactive ketones (excluding diaryl/α,β-unsaturated/α-hetero) is 1. The third-order valence-electron chi connectivity index (χ3n) is 1.70. The first-order valence-electron chi connectivity index (χ1n) is 3.40. The molecule has 0 radical (unpaired) electrons. The molecule has 4 heteroatoms. The highest BCUT2D eigenvalue weighted by Crippen LogP contribution is 2.33. The molecule has 0 aromatic carbocycles. The van der Waals surface area contributed by atoms with E-state index in [1.807, 2.05) is 0 Å². The van der Waals surface area contributed by atoms with Gasteiger partial charge in [0.2, 0.25) is 5.12 Å². The van der Waals surface area contributed by atoms with Crippen molar-refractivity contribution in [1.29, 1.82) is 5.26 Å². The van der Waals surface area contributed by atoms with Gasteiger partial charge in [0.25, 0.3) is 0 Å². The number of ketones is 1. The van der Waals surface area contributed by atoms with Crippen molar-refractivity contribution >= 4 is 22.7 Å². The lowest BCUT2D eigenvalue weighted by atomic mass is 10.1. The second-order valence-corrected chi connectivity index (χ2v) is 3.64. The highest BCUT2D eigenvalue weighted by atomic mass is 32.2. The Kier molecular flexibility index (Phi) is 2.34. The van der Waals surface area contributed by atoms with Gasteiger partial charge in [0, 0.05) is 0 Å². The normalized spacial score (nSPS) is 22.8. The summed E-state index contributed by atoms with van der Waals surface area (Å²) >= 11 is 0.929. The number of hydrogen-bond donors (Lipinski definition) is 0. The molecule has 0 saturated heterocycles. The molecule has 62 valence electrons. The third-order valence-corrected chi connectivity index (χ3v) is 3.04. The van der Waals surface area contributed by atoms with Crippen molar-refractivity contribution in [2.45, 2.75) is 19.1 Å². The molecule has 0 N–H and O–H groups in total. The van der Waals surface area contributed by atoms with Gasteiger partial charge in [0.05, 0.1) is 5.25 Å². The molecule has 0 bridgehead atoms. The Morgan fingerprint density at radius 2 is 2.25 bits per heavy atom. The summed E-state index contributed by atoms with van der Waals surface area (Å²) < 4.78 is 0. The summed E-state index contributed by atoms with van der Waals surface area (Å²) in [6.45, 7) is 3.08. The molecule has 1 rings (SSSR count). The van der Waals surface area contributed by atoms with Crippen molar-refractivity contribution in [1.82, 2.24) is 0 Å². The van der Waals surface area contributed by atoms with Crippen molar-refractivity contribution in [3.05, 3.63) is 11.1 Å². The summed E-state index contributed by atoms with van der Waals surface area (Å²) in [5.41, 5.74) is 0.736. The maximum absolute atomic E-state index is 11.1. The van der Waals surface area contributed by atoms with Gasteiger partial charge in [-0.3, -0.25) is 9.59 Å². The molecule has 0 aromatic rings. The molecule has 1 atom stereocenters. The van der Waals surface area contributed by atoms with Crippen LogP contribution in [-0.2, 0) is 9.59 Å². The van der Waals surface area contributed by atoms with E-state index in [-0.39, 0.29) is 16.5 Å². The number of carbonyl (C=O) groups is 2. The summed E-state index contributed by atoms with van der Waals surface area (Å²) in [6, 6.07) is 1.81. The Bertz CT molecular complexity index is 324. The summed E-state index contributed by atoms with van der Waals surface area (Å²) in [5.74, 6) is -0.0731. The Hall–Kier alpha value is -1.08. The Morgan fingerprint density at radius 1 is 1.67 bits per heavy atom. The molecule has 0 fully saturated rings. The minimum Gasteiger partial charge on any atom is -0.298 e. The van der Waals surface area contributed by atoms with Gasteiger partial charge in [0.15, 0.2) is 0 Å². The zero-order valence-corrected chi connectivity index (χ0v) is 7.57. The highest BCUT2D eigenvalue weighted by molar-refractivity contribution is 8.15. The van der Waals surface area contributed by atoms with Crippen LogP contribution in [0.3, 0.4) is 0 Å². The molecule has 0 saturated carbocycles. The van der Waals surface area contributed by atoms with Gasteiger partial charge >= 0.3 is 0 Å². The predicted octanol–water partition coefficient (Wildman–Crippen LogP) is 1.06. The second kappa shape index (κ2) is 3.11. The van der Waals surface area contributed by atoms with E-state index in [0.29, 0.717) is 5.57 Å². The van der Waals surface area contributed by atoms with Crippen LogP contribution >= 0.6 is 11.8 Å². The van der Waals surface area contributed by atoms with Crippen LogP contribution in [-0.4, -0.2) is 16.1 Å². The number of hydrogen-bond acceptors (Lipinski definition) is 4. The summed E-state index contributed by atoms with van der Waals surface area (Å²) in [4.78, 5) is 22.0. The van der Waals surface area contributed by atoms with Gasteiger partial charge in [-0.25, -0.2) is 0 Å². The fourth-order valence-electron chi connectivity index (χ4n) is 1.07. The summed E-state index contributed by atoms with van der Waals surface area (Å²) in [5, 5.41) is 7.85. The quantitative estimate of drug-likeness (QED) is 0.606. The molecule has 0 spiro atoms.